The Balaban J connectivity index is 1.65. The summed E-state index contributed by atoms with van der Waals surface area (Å²) in [5.41, 5.74) is 2.86. The van der Waals surface area contributed by atoms with E-state index in [0.29, 0.717) is 59.9 Å². The van der Waals surface area contributed by atoms with Crippen molar-refractivity contribution in [2.45, 2.75) is 33.7 Å². The first kappa shape index (κ1) is 24.0. The Morgan fingerprint density at radius 2 is 1.78 bits per heavy atom. The fraction of sp³-hybridized carbons (Fsp3) is 0.333. The van der Waals surface area contributed by atoms with Crippen LogP contribution in [0.5, 0.6) is 11.5 Å². The molecule has 8 heteroatoms. The standard InChI is InChI=1S/C24H27Cl2N3O3/c1-4-31-20-11-10-17(14-21(20)32-5-2)12-13-27-24(30)22-16(3)28-29(23(22)26)15-18-8-6-7-9-19(18)25/h6-11,14H,4-5,12-13,15H2,1-3H3,(H,27,30). The number of hydrogen-bond donors (Lipinski definition) is 1. The normalized spacial score (nSPS) is 10.8. The molecule has 6 nitrogen and oxygen atoms in total. The van der Waals surface area contributed by atoms with Crippen molar-refractivity contribution >= 4 is 29.1 Å². The molecule has 1 heterocycles. The maximum atomic E-state index is 12.8. The summed E-state index contributed by atoms with van der Waals surface area (Å²) in [6.45, 7) is 7.59. The van der Waals surface area contributed by atoms with Gasteiger partial charge in [0.2, 0.25) is 0 Å². The molecule has 0 saturated carbocycles. The van der Waals surface area contributed by atoms with E-state index in [-0.39, 0.29) is 5.91 Å². The van der Waals surface area contributed by atoms with Gasteiger partial charge in [-0.15, -0.1) is 0 Å². The van der Waals surface area contributed by atoms with Crippen LogP contribution in [0, 0.1) is 6.92 Å². The predicted molar refractivity (Wildman–Crippen MR) is 127 cm³/mol. The van der Waals surface area contributed by atoms with Crippen LogP contribution in [-0.2, 0) is 13.0 Å². The van der Waals surface area contributed by atoms with Gasteiger partial charge in [-0.1, -0.05) is 47.5 Å². The van der Waals surface area contributed by atoms with Gasteiger partial charge in [-0.2, -0.15) is 5.10 Å². The van der Waals surface area contributed by atoms with Crippen molar-refractivity contribution in [2.24, 2.45) is 0 Å². The van der Waals surface area contributed by atoms with Crippen LogP contribution in [0.1, 0.15) is 41.0 Å². The summed E-state index contributed by atoms with van der Waals surface area (Å²) < 4.78 is 12.9. The van der Waals surface area contributed by atoms with Crippen molar-refractivity contribution in [3.63, 3.8) is 0 Å². The molecule has 0 spiro atoms. The first-order valence-corrected chi connectivity index (χ1v) is 11.3. The first-order chi connectivity index (χ1) is 15.4. The van der Waals surface area contributed by atoms with Gasteiger partial charge >= 0.3 is 0 Å². The minimum Gasteiger partial charge on any atom is -0.490 e. The molecule has 1 N–H and O–H groups in total. The lowest BCUT2D eigenvalue weighted by atomic mass is 10.1. The van der Waals surface area contributed by atoms with Crippen LogP contribution in [-0.4, -0.2) is 35.4 Å². The van der Waals surface area contributed by atoms with Crippen LogP contribution < -0.4 is 14.8 Å². The number of benzene rings is 2. The molecule has 0 aliphatic heterocycles. The van der Waals surface area contributed by atoms with Crippen LogP contribution in [0.15, 0.2) is 42.5 Å². The average Bonchev–Trinajstić information content (AvgIpc) is 3.04. The van der Waals surface area contributed by atoms with Gasteiger partial charge in [-0.3, -0.25) is 4.79 Å². The largest absolute Gasteiger partial charge is 0.490 e. The highest BCUT2D eigenvalue weighted by atomic mass is 35.5. The van der Waals surface area contributed by atoms with Crippen molar-refractivity contribution in [3.8, 4) is 11.5 Å². The maximum Gasteiger partial charge on any atom is 0.256 e. The van der Waals surface area contributed by atoms with E-state index in [0.717, 1.165) is 16.9 Å². The Hall–Kier alpha value is -2.70. The topological polar surface area (TPSA) is 65.4 Å². The van der Waals surface area contributed by atoms with E-state index in [2.05, 4.69) is 10.4 Å². The third kappa shape index (κ3) is 5.75. The van der Waals surface area contributed by atoms with E-state index in [1.54, 1.807) is 11.6 Å². The lowest BCUT2D eigenvalue weighted by Gasteiger charge is -2.12. The molecule has 0 aliphatic rings. The second kappa shape index (κ2) is 11.2. The Labute approximate surface area is 198 Å². The predicted octanol–water partition coefficient (Wildman–Crippen LogP) is 5.32. The van der Waals surface area contributed by atoms with Crippen molar-refractivity contribution in [3.05, 3.63) is 75.0 Å². The highest BCUT2D eigenvalue weighted by Gasteiger charge is 2.20. The molecule has 0 saturated heterocycles. The number of aromatic nitrogens is 2. The van der Waals surface area contributed by atoms with E-state index < -0.39 is 0 Å². The second-order valence-electron chi connectivity index (χ2n) is 7.15. The van der Waals surface area contributed by atoms with Gasteiger partial charge < -0.3 is 14.8 Å². The van der Waals surface area contributed by atoms with E-state index in [4.69, 9.17) is 32.7 Å². The van der Waals surface area contributed by atoms with Gasteiger partial charge in [-0.25, -0.2) is 4.68 Å². The monoisotopic (exact) mass is 475 g/mol. The van der Waals surface area contributed by atoms with Crippen molar-refractivity contribution < 1.29 is 14.3 Å². The fourth-order valence-corrected chi connectivity index (χ4v) is 3.88. The van der Waals surface area contributed by atoms with Gasteiger partial charge in [-0.05, 0) is 56.5 Å². The zero-order valence-electron chi connectivity index (χ0n) is 18.5. The number of rotatable bonds is 10. The zero-order valence-corrected chi connectivity index (χ0v) is 20.0. The number of carbonyl (C=O) groups excluding carboxylic acids is 1. The Morgan fingerprint density at radius 3 is 2.50 bits per heavy atom. The molecule has 2 aromatic carbocycles. The summed E-state index contributed by atoms with van der Waals surface area (Å²) in [7, 11) is 0. The summed E-state index contributed by atoms with van der Waals surface area (Å²) in [4.78, 5) is 12.8. The number of aryl methyl sites for hydroxylation is 1. The molecule has 0 atom stereocenters. The van der Waals surface area contributed by atoms with Gasteiger partial charge in [0, 0.05) is 11.6 Å². The maximum absolute atomic E-state index is 12.8. The second-order valence-corrected chi connectivity index (χ2v) is 7.92. The highest BCUT2D eigenvalue weighted by molar-refractivity contribution is 6.33. The molecule has 170 valence electrons. The van der Waals surface area contributed by atoms with Crippen LogP contribution in [0.3, 0.4) is 0 Å². The Morgan fingerprint density at radius 1 is 1.06 bits per heavy atom. The third-order valence-corrected chi connectivity index (χ3v) is 5.63. The molecule has 1 amide bonds. The number of hydrogen-bond acceptors (Lipinski definition) is 4. The third-order valence-electron chi connectivity index (χ3n) is 4.88. The molecule has 1 aromatic heterocycles. The van der Waals surface area contributed by atoms with E-state index in [9.17, 15) is 4.79 Å². The number of nitrogens with zero attached hydrogens (tertiary/aromatic N) is 2. The van der Waals surface area contributed by atoms with E-state index in [1.807, 2.05) is 56.3 Å². The summed E-state index contributed by atoms with van der Waals surface area (Å²) in [6, 6.07) is 13.3. The van der Waals surface area contributed by atoms with Gasteiger partial charge in [0.15, 0.2) is 11.5 Å². The van der Waals surface area contributed by atoms with Gasteiger partial charge in [0.1, 0.15) is 5.15 Å². The van der Waals surface area contributed by atoms with Gasteiger partial charge in [0.25, 0.3) is 5.91 Å². The number of ether oxygens (including phenoxy) is 2. The first-order valence-electron chi connectivity index (χ1n) is 10.6. The highest BCUT2D eigenvalue weighted by Crippen LogP contribution is 2.29. The minimum atomic E-state index is -0.256. The van der Waals surface area contributed by atoms with Crippen molar-refractivity contribution in [2.75, 3.05) is 19.8 Å². The molecular formula is C24H27Cl2N3O3. The summed E-state index contributed by atoms with van der Waals surface area (Å²) in [5.74, 6) is 1.17. The quantitative estimate of drug-likeness (QED) is 0.431. The van der Waals surface area contributed by atoms with Crippen LogP contribution >= 0.6 is 23.2 Å². The van der Waals surface area contributed by atoms with Crippen LogP contribution in [0.25, 0.3) is 0 Å². The SMILES string of the molecule is CCOc1ccc(CCNC(=O)c2c(C)nn(Cc3ccccc3Cl)c2Cl)cc1OCC. The molecule has 3 aromatic rings. The molecular weight excluding hydrogens is 449 g/mol. The van der Waals surface area contributed by atoms with Crippen LogP contribution in [0.4, 0.5) is 0 Å². The number of halogens is 2. The smallest absolute Gasteiger partial charge is 0.256 e. The lowest BCUT2D eigenvalue weighted by Crippen LogP contribution is -2.26. The Kier molecular flexibility index (Phi) is 8.42. The molecule has 3 rings (SSSR count). The van der Waals surface area contributed by atoms with E-state index >= 15 is 0 Å². The average molecular weight is 476 g/mol. The fourth-order valence-electron chi connectivity index (χ4n) is 3.36. The number of nitrogens with one attached hydrogen (secondary N) is 1. The Bertz CT molecular complexity index is 1080. The number of carbonyl (C=O) groups is 1. The summed E-state index contributed by atoms with van der Waals surface area (Å²) in [5, 5.41) is 8.28. The molecule has 0 aliphatic carbocycles. The molecule has 0 bridgehead atoms. The molecule has 0 fully saturated rings. The lowest BCUT2D eigenvalue weighted by molar-refractivity contribution is 0.0953. The number of amides is 1. The minimum absolute atomic E-state index is 0.256. The van der Waals surface area contributed by atoms with E-state index in [1.165, 1.54) is 0 Å². The van der Waals surface area contributed by atoms with Crippen LogP contribution in [0.2, 0.25) is 10.2 Å². The summed E-state index contributed by atoms with van der Waals surface area (Å²) >= 11 is 12.7. The zero-order chi connectivity index (χ0) is 23.1. The van der Waals surface area contributed by atoms with Crippen molar-refractivity contribution in [1.29, 1.82) is 0 Å². The van der Waals surface area contributed by atoms with Crippen molar-refractivity contribution in [1.82, 2.24) is 15.1 Å². The molecule has 32 heavy (non-hydrogen) atoms. The summed E-state index contributed by atoms with van der Waals surface area (Å²) in [6.07, 6.45) is 0.642. The van der Waals surface area contributed by atoms with Gasteiger partial charge in [0.05, 0.1) is 31.0 Å². The molecule has 0 unspecified atom stereocenters. The molecule has 0 radical (unpaired) electrons.